The number of anilines is 2. The predicted octanol–water partition coefficient (Wildman–Crippen LogP) is 4.89. The molecular weight excluding hydrogens is 306 g/mol. The molecule has 1 heterocycles. The van der Waals surface area contributed by atoms with Crippen LogP contribution in [-0.2, 0) is 0 Å². The first kappa shape index (κ1) is 17.2. The summed E-state index contributed by atoms with van der Waals surface area (Å²) in [6.07, 6.45) is 12.7. The number of piperidine rings is 1. The fraction of sp³-hybridized carbons (Fsp3) is 0.727. The Morgan fingerprint density at radius 2 is 1.96 bits per heavy atom. The predicted molar refractivity (Wildman–Crippen MR) is 107 cm³/mol. The number of likely N-dealkylation sites (tertiary alicyclic amines) is 1. The van der Waals surface area contributed by atoms with Crippen molar-refractivity contribution in [2.75, 3.05) is 24.1 Å². The van der Waals surface area contributed by atoms with Gasteiger partial charge in [0, 0.05) is 24.7 Å². The molecule has 3 aliphatic rings. The molecule has 0 amide bonds. The van der Waals surface area contributed by atoms with E-state index in [9.17, 15) is 0 Å². The fourth-order valence-electron chi connectivity index (χ4n) is 6.01. The van der Waals surface area contributed by atoms with Crippen LogP contribution in [0, 0.1) is 11.8 Å². The zero-order valence-corrected chi connectivity index (χ0v) is 15.8. The number of hydrogen-bond acceptors (Lipinski definition) is 3. The fourth-order valence-corrected chi connectivity index (χ4v) is 6.01. The van der Waals surface area contributed by atoms with Gasteiger partial charge in [0.2, 0.25) is 0 Å². The minimum absolute atomic E-state index is 0.540. The van der Waals surface area contributed by atoms with Gasteiger partial charge in [0.05, 0.1) is 11.4 Å². The van der Waals surface area contributed by atoms with Crippen molar-refractivity contribution < 1.29 is 0 Å². The van der Waals surface area contributed by atoms with Gasteiger partial charge in [-0.1, -0.05) is 38.3 Å². The summed E-state index contributed by atoms with van der Waals surface area (Å²) in [5.74, 6) is 1.98. The molecular formula is C22H35N3. The Labute approximate surface area is 153 Å². The van der Waals surface area contributed by atoms with Crippen molar-refractivity contribution in [3.05, 3.63) is 24.3 Å². The van der Waals surface area contributed by atoms with Crippen molar-refractivity contribution in [1.82, 2.24) is 4.90 Å². The Hall–Kier alpha value is -1.22. The van der Waals surface area contributed by atoms with E-state index in [0.29, 0.717) is 11.6 Å². The van der Waals surface area contributed by atoms with Gasteiger partial charge in [-0.2, -0.15) is 0 Å². The van der Waals surface area contributed by atoms with Crippen molar-refractivity contribution >= 4 is 11.4 Å². The monoisotopic (exact) mass is 341 g/mol. The van der Waals surface area contributed by atoms with E-state index >= 15 is 0 Å². The van der Waals surface area contributed by atoms with E-state index in [2.05, 4.69) is 29.3 Å². The van der Waals surface area contributed by atoms with Gasteiger partial charge in [-0.15, -0.1) is 0 Å². The molecule has 1 saturated heterocycles. The maximum Gasteiger partial charge on any atom is 0.0576 e. The summed E-state index contributed by atoms with van der Waals surface area (Å²) >= 11 is 0. The first-order chi connectivity index (χ1) is 12.2. The van der Waals surface area contributed by atoms with Crippen LogP contribution in [0.4, 0.5) is 11.4 Å². The average molecular weight is 342 g/mol. The van der Waals surface area contributed by atoms with E-state index in [1.165, 1.54) is 70.9 Å². The Balaban J connectivity index is 1.38. The van der Waals surface area contributed by atoms with Gasteiger partial charge in [-0.05, 0) is 62.5 Å². The molecule has 4 rings (SSSR count). The third-order valence-electron chi connectivity index (χ3n) is 7.32. The van der Waals surface area contributed by atoms with Crippen LogP contribution in [0.15, 0.2) is 24.3 Å². The van der Waals surface area contributed by atoms with Crippen LogP contribution in [0.1, 0.15) is 64.7 Å². The quantitative estimate of drug-likeness (QED) is 0.766. The van der Waals surface area contributed by atoms with Gasteiger partial charge < -0.3 is 11.1 Å². The maximum atomic E-state index is 6.11. The van der Waals surface area contributed by atoms with Crippen LogP contribution in [0.3, 0.4) is 0 Å². The highest BCUT2D eigenvalue weighted by atomic mass is 15.2. The molecule has 3 N–H and O–H groups in total. The van der Waals surface area contributed by atoms with Crippen molar-refractivity contribution in [3.63, 3.8) is 0 Å². The smallest absolute Gasteiger partial charge is 0.0576 e. The molecule has 138 valence electrons. The molecule has 2 bridgehead atoms. The van der Waals surface area contributed by atoms with Crippen molar-refractivity contribution in [3.8, 4) is 0 Å². The summed E-state index contributed by atoms with van der Waals surface area (Å²) in [6.45, 7) is 4.92. The number of nitrogens with zero attached hydrogens (tertiary/aromatic N) is 1. The molecule has 2 saturated carbocycles. The lowest BCUT2D eigenvalue weighted by molar-refractivity contribution is -0.0369. The van der Waals surface area contributed by atoms with Crippen molar-refractivity contribution in [2.45, 2.75) is 76.3 Å². The first-order valence-corrected chi connectivity index (χ1v) is 10.5. The van der Waals surface area contributed by atoms with Crippen LogP contribution in [-0.4, -0.2) is 29.6 Å². The highest BCUT2D eigenvalue weighted by Gasteiger charge is 2.46. The van der Waals surface area contributed by atoms with Gasteiger partial charge in [0.1, 0.15) is 0 Å². The lowest BCUT2D eigenvalue weighted by atomic mass is 9.62. The number of rotatable bonds is 4. The molecule has 1 aliphatic heterocycles. The normalized spacial score (nSPS) is 34.0. The molecule has 3 heteroatoms. The molecule has 1 aromatic rings. The van der Waals surface area contributed by atoms with Gasteiger partial charge in [0.25, 0.3) is 0 Å². The number of nitrogens with two attached hydrogens (primary N) is 1. The second-order valence-corrected chi connectivity index (χ2v) is 8.89. The molecule has 3 fully saturated rings. The minimum Gasteiger partial charge on any atom is -0.397 e. The standard InChI is InChI=1S/C22H35N3/c1-2-17-14-18-6-5-11-22(15-17,16-18)25-12-9-19(10-13-25)24-21-8-4-3-7-20(21)23/h3-4,7-8,17-19,24H,2,5-6,9-16,23H2,1H3. The van der Waals surface area contributed by atoms with Crippen molar-refractivity contribution in [1.29, 1.82) is 0 Å². The molecule has 3 nitrogen and oxygen atoms in total. The Morgan fingerprint density at radius 3 is 2.72 bits per heavy atom. The molecule has 0 aromatic heterocycles. The third kappa shape index (κ3) is 3.53. The maximum absolute atomic E-state index is 6.11. The number of fused-ring (bicyclic) bond motifs is 2. The third-order valence-corrected chi connectivity index (χ3v) is 7.32. The summed E-state index contributed by atoms with van der Waals surface area (Å²) < 4.78 is 0. The lowest BCUT2D eigenvalue weighted by Gasteiger charge is -2.55. The lowest BCUT2D eigenvalue weighted by Crippen LogP contribution is -2.58. The second-order valence-electron chi connectivity index (χ2n) is 8.89. The molecule has 0 radical (unpaired) electrons. The summed E-state index contributed by atoms with van der Waals surface area (Å²) in [5.41, 5.74) is 8.63. The van der Waals surface area contributed by atoms with Crippen LogP contribution in [0.5, 0.6) is 0 Å². The van der Waals surface area contributed by atoms with E-state index in [4.69, 9.17) is 5.73 Å². The van der Waals surface area contributed by atoms with Crippen LogP contribution in [0.25, 0.3) is 0 Å². The van der Waals surface area contributed by atoms with E-state index < -0.39 is 0 Å². The summed E-state index contributed by atoms with van der Waals surface area (Å²) in [7, 11) is 0. The van der Waals surface area contributed by atoms with E-state index in [1.54, 1.807) is 0 Å². The van der Waals surface area contributed by atoms with E-state index in [1.807, 2.05) is 12.1 Å². The number of para-hydroxylation sites is 2. The molecule has 3 atom stereocenters. The van der Waals surface area contributed by atoms with Gasteiger partial charge in [-0.3, -0.25) is 4.90 Å². The Kier molecular flexibility index (Phi) is 4.95. The highest BCUT2D eigenvalue weighted by molar-refractivity contribution is 5.65. The molecule has 0 spiro atoms. The number of benzene rings is 1. The minimum atomic E-state index is 0.540. The average Bonchev–Trinajstić information content (AvgIpc) is 2.64. The zero-order valence-electron chi connectivity index (χ0n) is 15.8. The molecule has 2 aliphatic carbocycles. The first-order valence-electron chi connectivity index (χ1n) is 10.5. The largest absolute Gasteiger partial charge is 0.397 e. The van der Waals surface area contributed by atoms with Crippen LogP contribution in [0.2, 0.25) is 0 Å². The van der Waals surface area contributed by atoms with Gasteiger partial charge in [-0.25, -0.2) is 0 Å². The molecule has 1 aromatic carbocycles. The molecule has 25 heavy (non-hydrogen) atoms. The SMILES string of the molecule is CCC1CC2CCCC(N3CCC(Nc4ccccc4N)CC3)(C1)C2. The summed E-state index contributed by atoms with van der Waals surface area (Å²) in [6, 6.07) is 8.75. The van der Waals surface area contributed by atoms with Gasteiger partial charge >= 0.3 is 0 Å². The van der Waals surface area contributed by atoms with Crippen LogP contribution < -0.4 is 11.1 Å². The Morgan fingerprint density at radius 1 is 1.16 bits per heavy atom. The highest BCUT2D eigenvalue weighted by Crippen LogP contribution is 2.49. The summed E-state index contributed by atoms with van der Waals surface area (Å²) in [4.78, 5) is 2.90. The summed E-state index contributed by atoms with van der Waals surface area (Å²) in [5, 5.41) is 3.69. The number of hydrogen-bond donors (Lipinski definition) is 2. The topological polar surface area (TPSA) is 41.3 Å². The number of nitrogen functional groups attached to an aromatic ring is 1. The number of nitrogens with one attached hydrogen (secondary N) is 1. The molecule has 3 unspecified atom stereocenters. The van der Waals surface area contributed by atoms with E-state index in [-0.39, 0.29) is 0 Å². The van der Waals surface area contributed by atoms with Crippen LogP contribution >= 0.6 is 0 Å². The van der Waals surface area contributed by atoms with Gasteiger partial charge in [0.15, 0.2) is 0 Å². The Bertz CT molecular complexity index is 578. The zero-order chi connectivity index (χ0) is 17.3. The van der Waals surface area contributed by atoms with Crippen molar-refractivity contribution in [2.24, 2.45) is 11.8 Å². The van der Waals surface area contributed by atoms with E-state index in [0.717, 1.165) is 23.2 Å². The second kappa shape index (κ2) is 7.19.